The topological polar surface area (TPSA) is 3.24 Å². The van der Waals surface area contributed by atoms with Gasteiger partial charge in [-0.15, -0.1) is 0 Å². The van der Waals surface area contributed by atoms with Crippen molar-refractivity contribution in [1.82, 2.24) is 0 Å². The maximum atomic E-state index is 2.50. The first-order valence-corrected chi connectivity index (χ1v) is 25.7. The molecule has 0 bridgehead atoms. The van der Waals surface area contributed by atoms with Crippen LogP contribution in [-0.2, 0) is 10.8 Å². The Morgan fingerprint density at radius 3 is 1.51 bits per heavy atom. The summed E-state index contributed by atoms with van der Waals surface area (Å²) in [5.74, 6) is 0. The van der Waals surface area contributed by atoms with Crippen molar-refractivity contribution in [2.45, 2.75) is 24.7 Å². The molecule has 1 spiro atoms. The van der Waals surface area contributed by atoms with Gasteiger partial charge < -0.3 is 4.90 Å². The highest BCUT2D eigenvalue weighted by molar-refractivity contribution is 6.17. The molecule has 73 heavy (non-hydrogen) atoms. The van der Waals surface area contributed by atoms with Gasteiger partial charge in [-0.05, 0) is 176 Å². The molecule has 0 fully saturated rings. The van der Waals surface area contributed by atoms with Crippen molar-refractivity contribution in [3.63, 3.8) is 0 Å². The van der Waals surface area contributed by atoms with Crippen molar-refractivity contribution in [3.8, 4) is 66.8 Å². The van der Waals surface area contributed by atoms with Crippen molar-refractivity contribution in [2.75, 3.05) is 4.90 Å². The fraction of sp³-hybridized carbons (Fsp3) is 0.0556. The Labute approximate surface area is 427 Å². The zero-order valence-electron chi connectivity index (χ0n) is 40.8. The molecule has 12 aromatic carbocycles. The molecule has 342 valence electrons. The highest BCUT2D eigenvalue weighted by Gasteiger charge is 2.52. The third kappa shape index (κ3) is 5.97. The Balaban J connectivity index is 0.994. The van der Waals surface area contributed by atoms with Crippen LogP contribution in [0.4, 0.5) is 17.1 Å². The summed E-state index contributed by atoms with van der Waals surface area (Å²) in [5.41, 5.74) is 26.0. The summed E-state index contributed by atoms with van der Waals surface area (Å²) in [5, 5.41) is 4.94. The van der Waals surface area contributed by atoms with Crippen LogP contribution in [0, 0.1) is 0 Å². The standard InChI is InChI=1S/C72H49N/c1-71(2)64-30-16-14-27-56(64)63-45-53(36-40-65(63)71)73(51-24-10-5-11-25-51)52-35-39-55-54-26-13-12-23-50(54)41-61(62(55)44-52)59-29-18-32-67-70(59)60-28-15-17-31-66(60)72(67)68-42-48(46-19-6-3-7-20-46)33-37-57(68)58-38-34-49(43-69(58)72)47-21-8-4-9-22-47/h3-45H,1-2H3. The van der Waals surface area contributed by atoms with E-state index in [1.54, 1.807) is 0 Å². The summed E-state index contributed by atoms with van der Waals surface area (Å²) in [4.78, 5) is 2.45. The number of hydrogen-bond donors (Lipinski definition) is 0. The molecule has 0 aliphatic heterocycles. The van der Waals surface area contributed by atoms with Crippen molar-refractivity contribution in [2.24, 2.45) is 0 Å². The number of rotatable bonds is 6. The molecular formula is C72H49N. The Hall–Kier alpha value is -9.04. The van der Waals surface area contributed by atoms with Crippen LogP contribution in [0.1, 0.15) is 47.2 Å². The number of fused-ring (bicyclic) bond motifs is 16. The highest BCUT2D eigenvalue weighted by atomic mass is 15.1. The maximum Gasteiger partial charge on any atom is 0.0726 e. The van der Waals surface area contributed by atoms with E-state index in [0.29, 0.717) is 0 Å². The monoisotopic (exact) mass is 927 g/mol. The molecule has 0 N–H and O–H groups in total. The van der Waals surface area contributed by atoms with E-state index in [-0.39, 0.29) is 5.41 Å². The minimum atomic E-state index is -0.565. The van der Waals surface area contributed by atoms with E-state index < -0.39 is 5.41 Å². The summed E-state index contributed by atoms with van der Waals surface area (Å²) in [6, 6.07) is 98.1. The third-order valence-corrected chi connectivity index (χ3v) is 16.7. The van der Waals surface area contributed by atoms with Crippen LogP contribution in [0.5, 0.6) is 0 Å². The van der Waals surface area contributed by atoms with Crippen LogP contribution in [0.2, 0.25) is 0 Å². The average Bonchev–Trinajstić information content (AvgIpc) is 4.05. The molecule has 3 aliphatic carbocycles. The van der Waals surface area contributed by atoms with Gasteiger partial charge in [0.2, 0.25) is 0 Å². The minimum absolute atomic E-state index is 0.0783. The number of para-hydroxylation sites is 1. The molecule has 0 saturated carbocycles. The zero-order chi connectivity index (χ0) is 48.4. The van der Waals surface area contributed by atoms with E-state index in [9.17, 15) is 0 Å². The van der Waals surface area contributed by atoms with E-state index in [1.807, 2.05) is 0 Å². The van der Waals surface area contributed by atoms with Crippen LogP contribution in [0.25, 0.3) is 88.3 Å². The first-order chi connectivity index (χ1) is 36.0. The Kier molecular flexibility index (Phi) is 8.99. The van der Waals surface area contributed by atoms with Crippen molar-refractivity contribution in [1.29, 1.82) is 0 Å². The van der Waals surface area contributed by atoms with E-state index in [4.69, 9.17) is 0 Å². The molecule has 3 aliphatic rings. The van der Waals surface area contributed by atoms with Gasteiger partial charge in [0.25, 0.3) is 0 Å². The van der Waals surface area contributed by atoms with Crippen molar-refractivity contribution < 1.29 is 0 Å². The fourth-order valence-electron chi connectivity index (χ4n) is 13.4. The highest BCUT2D eigenvalue weighted by Crippen LogP contribution is 2.65. The van der Waals surface area contributed by atoms with Crippen LogP contribution in [0.15, 0.2) is 261 Å². The number of nitrogens with zero attached hydrogens (tertiary/aromatic N) is 1. The first-order valence-electron chi connectivity index (χ1n) is 25.7. The second kappa shape index (κ2) is 15.7. The van der Waals surface area contributed by atoms with E-state index in [2.05, 4.69) is 280 Å². The molecule has 0 amide bonds. The predicted octanol–water partition coefficient (Wildman–Crippen LogP) is 19.1. The Morgan fingerprint density at radius 1 is 0.260 bits per heavy atom. The maximum absolute atomic E-state index is 2.50. The number of benzene rings is 12. The van der Waals surface area contributed by atoms with Gasteiger partial charge in [0.15, 0.2) is 0 Å². The van der Waals surface area contributed by atoms with Crippen molar-refractivity contribution in [3.05, 3.63) is 294 Å². The molecule has 1 heteroatoms. The van der Waals surface area contributed by atoms with Crippen LogP contribution < -0.4 is 4.90 Å². The Bertz CT molecular complexity index is 4130. The van der Waals surface area contributed by atoms with Gasteiger partial charge >= 0.3 is 0 Å². The number of anilines is 3. The zero-order valence-corrected chi connectivity index (χ0v) is 40.8. The fourth-order valence-corrected chi connectivity index (χ4v) is 13.4. The molecule has 0 atom stereocenters. The van der Waals surface area contributed by atoms with Gasteiger partial charge in [0, 0.05) is 22.5 Å². The molecule has 0 aromatic heterocycles. The van der Waals surface area contributed by atoms with Crippen LogP contribution in [-0.4, -0.2) is 0 Å². The first kappa shape index (κ1) is 41.7. The summed E-state index contributed by atoms with van der Waals surface area (Å²) < 4.78 is 0. The minimum Gasteiger partial charge on any atom is -0.310 e. The van der Waals surface area contributed by atoms with E-state index >= 15 is 0 Å². The molecular weight excluding hydrogens is 879 g/mol. The molecule has 0 saturated heterocycles. The third-order valence-electron chi connectivity index (χ3n) is 16.7. The lowest BCUT2D eigenvalue weighted by molar-refractivity contribution is 0.660. The van der Waals surface area contributed by atoms with Crippen LogP contribution in [0.3, 0.4) is 0 Å². The molecule has 0 radical (unpaired) electrons. The van der Waals surface area contributed by atoms with Gasteiger partial charge in [0.1, 0.15) is 0 Å². The lowest BCUT2D eigenvalue weighted by atomic mass is 9.69. The van der Waals surface area contributed by atoms with Gasteiger partial charge in [-0.2, -0.15) is 0 Å². The largest absolute Gasteiger partial charge is 0.310 e. The van der Waals surface area contributed by atoms with Gasteiger partial charge in [-0.1, -0.05) is 220 Å². The predicted molar refractivity (Wildman–Crippen MR) is 306 cm³/mol. The van der Waals surface area contributed by atoms with Crippen molar-refractivity contribution >= 4 is 38.6 Å². The second-order valence-electron chi connectivity index (χ2n) is 20.7. The normalized spacial score (nSPS) is 13.8. The van der Waals surface area contributed by atoms with Gasteiger partial charge in [-0.3, -0.25) is 0 Å². The second-order valence-corrected chi connectivity index (χ2v) is 20.7. The van der Waals surface area contributed by atoms with Gasteiger partial charge in [0.05, 0.1) is 5.41 Å². The van der Waals surface area contributed by atoms with Crippen LogP contribution >= 0.6 is 0 Å². The molecule has 0 unspecified atom stereocenters. The molecule has 0 heterocycles. The summed E-state index contributed by atoms with van der Waals surface area (Å²) in [6.45, 7) is 4.71. The lowest BCUT2D eigenvalue weighted by Gasteiger charge is -2.31. The van der Waals surface area contributed by atoms with E-state index in [0.717, 1.165) is 17.1 Å². The summed E-state index contributed by atoms with van der Waals surface area (Å²) in [7, 11) is 0. The Morgan fingerprint density at radius 2 is 0.795 bits per heavy atom. The summed E-state index contributed by atoms with van der Waals surface area (Å²) >= 11 is 0. The quantitative estimate of drug-likeness (QED) is 0.150. The number of hydrogen-bond acceptors (Lipinski definition) is 1. The average molecular weight is 928 g/mol. The molecule has 12 aromatic rings. The summed E-state index contributed by atoms with van der Waals surface area (Å²) in [6.07, 6.45) is 0. The van der Waals surface area contributed by atoms with Gasteiger partial charge in [-0.25, -0.2) is 0 Å². The smallest absolute Gasteiger partial charge is 0.0726 e. The lowest BCUT2D eigenvalue weighted by Crippen LogP contribution is -2.26. The SMILES string of the molecule is CC1(C)c2ccccc2-c2cc(N(c3ccccc3)c3ccc4c(c3)c(-c3cccc5c3-c3ccccc3C53c5cc(-c6ccccc6)ccc5-c5ccc(-c6ccccc6)cc53)cc3ccccc34)ccc21. The molecule has 1 nitrogen and oxygen atoms in total. The van der Waals surface area contributed by atoms with E-state index in [1.165, 1.54) is 122 Å². The molecule has 15 rings (SSSR count).